The van der Waals surface area contributed by atoms with Crippen molar-refractivity contribution in [2.45, 2.75) is 45.1 Å². The van der Waals surface area contributed by atoms with Crippen molar-refractivity contribution in [3.63, 3.8) is 0 Å². The van der Waals surface area contributed by atoms with E-state index >= 15 is 0 Å². The third-order valence-corrected chi connectivity index (χ3v) is 3.91. The van der Waals surface area contributed by atoms with E-state index in [1.54, 1.807) is 7.11 Å². The van der Waals surface area contributed by atoms with Crippen molar-refractivity contribution in [1.29, 1.82) is 0 Å². The molecular formula is C16H28N2O3. The van der Waals surface area contributed by atoms with E-state index in [0.29, 0.717) is 12.0 Å². The molecule has 21 heavy (non-hydrogen) atoms. The molecule has 0 aliphatic heterocycles. The van der Waals surface area contributed by atoms with Gasteiger partial charge in [-0.1, -0.05) is 0 Å². The first kappa shape index (κ1) is 16.5. The fourth-order valence-electron chi connectivity index (χ4n) is 2.72. The summed E-state index contributed by atoms with van der Waals surface area (Å²) in [6, 6.07) is 0. The number of methoxy groups -OCH3 is 1. The second kappa shape index (κ2) is 9.18. The van der Waals surface area contributed by atoms with Crippen LogP contribution in [-0.4, -0.2) is 44.5 Å². The number of rotatable bonds is 11. The molecule has 1 aliphatic carbocycles. The summed E-state index contributed by atoms with van der Waals surface area (Å²) < 4.78 is 16.4. The Labute approximate surface area is 127 Å². The van der Waals surface area contributed by atoms with E-state index < -0.39 is 0 Å². The van der Waals surface area contributed by atoms with Crippen molar-refractivity contribution < 1.29 is 13.9 Å². The fourth-order valence-corrected chi connectivity index (χ4v) is 2.72. The SMILES string of the molecule is CCOC1CC(Cc2cnc(CCCNCCOC)o2)C1. The molecule has 1 N–H and O–H groups in total. The van der Waals surface area contributed by atoms with Gasteiger partial charge in [-0.05, 0) is 38.6 Å². The first-order valence-corrected chi connectivity index (χ1v) is 8.06. The van der Waals surface area contributed by atoms with Crippen LogP contribution in [0.25, 0.3) is 0 Å². The second-order valence-electron chi connectivity index (χ2n) is 5.69. The molecule has 1 fully saturated rings. The van der Waals surface area contributed by atoms with Gasteiger partial charge in [0, 0.05) is 33.1 Å². The Balaban J connectivity index is 1.57. The lowest BCUT2D eigenvalue weighted by Gasteiger charge is -2.34. The van der Waals surface area contributed by atoms with Crippen LogP contribution in [0.5, 0.6) is 0 Å². The summed E-state index contributed by atoms with van der Waals surface area (Å²) in [5, 5.41) is 3.32. The molecule has 2 rings (SSSR count). The zero-order chi connectivity index (χ0) is 14.9. The fraction of sp³-hybridized carbons (Fsp3) is 0.812. The summed E-state index contributed by atoms with van der Waals surface area (Å²) in [5.41, 5.74) is 0. The van der Waals surface area contributed by atoms with Gasteiger partial charge >= 0.3 is 0 Å². The van der Waals surface area contributed by atoms with Gasteiger partial charge in [-0.2, -0.15) is 0 Å². The summed E-state index contributed by atoms with van der Waals surface area (Å²) in [5.74, 6) is 2.59. The standard InChI is InChI=1S/C16H28N2O3/c1-3-20-14-9-13(10-14)11-15-12-18-16(21-15)5-4-6-17-7-8-19-2/h12-14,17H,3-11H2,1-2H3. The number of nitrogens with one attached hydrogen (secondary N) is 1. The van der Waals surface area contributed by atoms with E-state index in [4.69, 9.17) is 13.9 Å². The minimum atomic E-state index is 0.473. The predicted molar refractivity (Wildman–Crippen MR) is 81.4 cm³/mol. The monoisotopic (exact) mass is 296 g/mol. The number of oxazole rings is 1. The normalized spacial score (nSPS) is 21.4. The molecule has 0 saturated heterocycles. The van der Waals surface area contributed by atoms with E-state index in [-0.39, 0.29) is 0 Å². The number of hydrogen-bond donors (Lipinski definition) is 1. The summed E-state index contributed by atoms with van der Waals surface area (Å²) in [6.07, 6.45) is 7.62. The van der Waals surface area contributed by atoms with Crippen LogP contribution >= 0.6 is 0 Å². The van der Waals surface area contributed by atoms with Crippen molar-refractivity contribution in [3.05, 3.63) is 17.8 Å². The maximum atomic E-state index is 5.81. The highest BCUT2D eigenvalue weighted by Crippen LogP contribution is 2.32. The molecule has 0 bridgehead atoms. The highest BCUT2D eigenvalue weighted by molar-refractivity contribution is 4.98. The van der Waals surface area contributed by atoms with E-state index in [0.717, 1.165) is 70.1 Å². The summed E-state index contributed by atoms with van der Waals surface area (Å²) in [4.78, 5) is 4.37. The molecule has 0 radical (unpaired) electrons. The lowest BCUT2D eigenvalue weighted by molar-refractivity contribution is -0.0252. The number of hydrogen-bond acceptors (Lipinski definition) is 5. The van der Waals surface area contributed by atoms with Gasteiger partial charge in [-0.15, -0.1) is 0 Å². The minimum Gasteiger partial charge on any atom is -0.446 e. The van der Waals surface area contributed by atoms with Crippen LogP contribution in [-0.2, 0) is 22.3 Å². The maximum absolute atomic E-state index is 5.81. The van der Waals surface area contributed by atoms with E-state index in [1.807, 2.05) is 6.20 Å². The first-order valence-electron chi connectivity index (χ1n) is 8.06. The largest absolute Gasteiger partial charge is 0.446 e. The first-order chi connectivity index (χ1) is 10.3. The van der Waals surface area contributed by atoms with Crippen LogP contribution in [0.3, 0.4) is 0 Å². The van der Waals surface area contributed by atoms with E-state index in [1.165, 1.54) is 0 Å². The molecule has 1 heterocycles. The van der Waals surface area contributed by atoms with Crippen molar-refractivity contribution in [2.75, 3.05) is 33.4 Å². The van der Waals surface area contributed by atoms with Gasteiger partial charge in [0.1, 0.15) is 5.76 Å². The third-order valence-electron chi connectivity index (χ3n) is 3.91. The van der Waals surface area contributed by atoms with Crippen LogP contribution in [0.1, 0.15) is 37.8 Å². The minimum absolute atomic E-state index is 0.473. The number of nitrogens with zero attached hydrogens (tertiary/aromatic N) is 1. The number of aromatic nitrogens is 1. The average Bonchev–Trinajstić information content (AvgIpc) is 2.88. The van der Waals surface area contributed by atoms with Crippen molar-refractivity contribution in [3.8, 4) is 0 Å². The predicted octanol–water partition coefficient (Wildman–Crippen LogP) is 2.20. The van der Waals surface area contributed by atoms with Crippen LogP contribution in [0.15, 0.2) is 10.6 Å². The molecule has 1 aliphatic rings. The highest BCUT2D eigenvalue weighted by Gasteiger charge is 2.30. The van der Waals surface area contributed by atoms with Gasteiger partial charge in [-0.3, -0.25) is 0 Å². The Morgan fingerprint density at radius 1 is 1.38 bits per heavy atom. The average molecular weight is 296 g/mol. The Bertz CT molecular complexity index is 389. The van der Waals surface area contributed by atoms with Gasteiger partial charge in [0.05, 0.1) is 18.9 Å². The molecule has 5 heteroatoms. The van der Waals surface area contributed by atoms with Gasteiger partial charge in [-0.25, -0.2) is 4.98 Å². The molecule has 1 aromatic rings. The van der Waals surface area contributed by atoms with Crippen LogP contribution in [0.4, 0.5) is 0 Å². The molecule has 0 spiro atoms. The molecule has 1 saturated carbocycles. The zero-order valence-electron chi connectivity index (χ0n) is 13.3. The highest BCUT2D eigenvalue weighted by atomic mass is 16.5. The molecule has 5 nitrogen and oxygen atoms in total. The lowest BCUT2D eigenvalue weighted by Crippen LogP contribution is -2.32. The molecular weight excluding hydrogens is 268 g/mol. The summed E-state index contributed by atoms with van der Waals surface area (Å²) in [6.45, 7) is 5.51. The second-order valence-corrected chi connectivity index (χ2v) is 5.69. The Kier molecular flexibility index (Phi) is 7.19. The lowest BCUT2D eigenvalue weighted by atomic mass is 9.79. The smallest absolute Gasteiger partial charge is 0.194 e. The van der Waals surface area contributed by atoms with Gasteiger partial charge in [0.25, 0.3) is 0 Å². The molecule has 1 aromatic heterocycles. The van der Waals surface area contributed by atoms with Crippen molar-refractivity contribution in [2.24, 2.45) is 5.92 Å². The molecule has 120 valence electrons. The quantitative estimate of drug-likeness (QED) is 0.634. The number of aryl methyl sites for hydroxylation is 1. The van der Waals surface area contributed by atoms with Crippen LogP contribution in [0, 0.1) is 5.92 Å². The Hall–Kier alpha value is -0.910. The van der Waals surface area contributed by atoms with Crippen molar-refractivity contribution in [1.82, 2.24) is 10.3 Å². The summed E-state index contributed by atoms with van der Waals surface area (Å²) >= 11 is 0. The molecule has 0 aromatic carbocycles. The Morgan fingerprint density at radius 2 is 2.24 bits per heavy atom. The zero-order valence-corrected chi connectivity index (χ0v) is 13.3. The van der Waals surface area contributed by atoms with Gasteiger partial charge < -0.3 is 19.2 Å². The topological polar surface area (TPSA) is 56.5 Å². The molecule has 0 amide bonds. The maximum Gasteiger partial charge on any atom is 0.194 e. The van der Waals surface area contributed by atoms with Crippen LogP contribution in [0.2, 0.25) is 0 Å². The molecule has 0 unspecified atom stereocenters. The summed E-state index contributed by atoms with van der Waals surface area (Å²) in [7, 11) is 1.72. The van der Waals surface area contributed by atoms with Crippen molar-refractivity contribution >= 4 is 0 Å². The third kappa shape index (κ3) is 5.77. The van der Waals surface area contributed by atoms with Gasteiger partial charge in [0.15, 0.2) is 5.89 Å². The number of ether oxygens (including phenoxy) is 2. The van der Waals surface area contributed by atoms with Crippen LogP contribution < -0.4 is 5.32 Å². The van der Waals surface area contributed by atoms with E-state index in [2.05, 4.69) is 17.2 Å². The van der Waals surface area contributed by atoms with E-state index in [9.17, 15) is 0 Å². The van der Waals surface area contributed by atoms with Gasteiger partial charge in [0.2, 0.25) is 0 Å². The molecule has 0 atom stereocenters. The Morgan fingerprint density at radius 3 is 3.00 bits per heavy atom.